The van der Waals surface area contributed by atoms with E-state index in [0.29, 0.717) is 5.56 Å². The number of carbonyl (C=O) groups is 3. The maximum Gasteiger partial charge on any atom is 0.387 e. The van der Waals surface area contributed by atoms with Crippen molar-refractivity contribution in [2.24, 2.45) is 5.92 Å². The minimum absolute atomic E-state index is 0.0184. The zero-order chi connectivity index (χ0) is 17.0. The van der Waals surface area contributed by atoms with Crippen molar-refractivity contribution in [3.8, 4) is 5.75 Å². The third-order valence-electron chi connectivity index (χ3n) is 2.96. The van der Waals surface area contributed by atoms with Crippen molar-refractivity contribution in [1.29, 1.82) is 0 Å². The highest BCUT2D eigenvalue weighted by Crippen LogP contribution is 2.18. The molecule has 1 atom stereocenters. The third kappa shape index (κ3) is 4.32. The molecule has 0 saturated heterocycles. The number of hydrogen-bond donors (Lipinski definition) is 0. The second kappa shape index (κ2) is 6.95. The summed E-state index contributed by atoms with van der Waals surface area (Å²) in [4.78, 5) is 35.2. The molecule has 0 saturated carbocycles. The standard InChI is InChI=1S/C16H12F2O5/c1-9-8-13(20)14(15(21)22-9)12(19)7-4-10-2-5-11(6-3-10)23-16(17)18/h2-8,14,16H,1H3/b7-4+/t14-/m0/s1. The number of carbonyl (C=O) groups excluding carboxylic acids is 3. The number of halogens is 2. The second-order valence-electron chi connectivity index (χ2n) is 4.69. The molecule has 0 bridgehead atoms. The SMILES string of the molecule is CC1=CC(=O)[C@H](C(=O)/C=C/c2ccc(OC(F)F)cc2)C(=O)O1. The summed E-state index contributed by atoms with van der Waals surface area (Å²) < 4.78 is 33.0. The highest BCUT2D eigenvalue weighted by Gasteiger charge is 2.36. The normalized spacial score (nSPS) is 18.1. The summed E-state index contributed by atoms with van der Waals surface area (Å²) in [6, 6.07) is 5.52. The van der Waals surface area contributed by atoms with Gasteiger partial charge in [0.2, 0.25) is 0 Å². The Labute approximate surface area is 130 Å². The highest BCUT2D eigenvalue weighted by molar-refractivity contribution is 6.25. The number of rotatable bonds is 5. The van der Waals surface area contributed by atoms with E-state index < -0.39 is 30.1 Å². The van der Waals surface area contributed by atoms with Crippen LogP contribution in [0.1, 0.15) is 12.5 Å². The van der Waals surface area contributed by atoms with Crippen LogP contribution in [0.5, 0.6) is 5.75 Å². The number of hydrogen-bond acceptors (Lipinski definition) is 5. The quantitative estimate of drug-likeness (QED) is 0.473. The molecule has 5 nitrogen and oxygen atoms in total. The molecule has 120 valence electrons. The Hall–Kier alpha value is -2.83. The van der Waals surface area contributed by atoms with Gasteiger partial charge in [0.25, 0.3) is 0 Å². The molecule has 0 aromatic heterocycles. The van der Waals surface area contributed by atoms with Crippen LogP contribution in [0.4, 0.5) is 8.78 Å². The Bertz CT molecular complexity index is 689. The van der Waals surface area contributed by atoms with E-state index in [1.54, 1.807) is 0 Å². The number of cyclic esters (lactones) is 1. The summed E-state index contributed by atoms with van der Waals surface area (Å²) in [7, 11) is 0. The molecule has 1 aromatic rings. The van der Waals surface area contributed by atoms with Crippen LogP contribution in [-0.2, 0) is 19.1 Å². The summed E-state index contributed by atoms with van der Waals surface area (Å²) in [6.07, 6.45) is 3.52. The molecule has 0 amide bonds. The van der Waals surface area contributed by atoms with E-state index in [4.69, 9.17) is 4.74 Å². The molecule has 23 heavy (non-hydrogen) atoms. The van der Waals surface area contributed by atoms with Gasteiger partial charge in [-0.15, -0.1) is 0 Å². The maximum absolute atomic E-state index is 12.0. The van der Waals surface area contributed by atoms with E-state index >= 15 is 0 Å². The fourth-order valence-electron chi connectivity index (χ4n) is 1.94. The summed E-state index contributed by atoms with van der Waals surface area (Å²) in [5.74, 6) is -3.63. The first-order chi connectivity index (χ1) is 10.9. The molecule has 1 aliphatic heterocycles. The Balaban J connectivity index is 2.06. The van der Waals surface area contributed by atoms with Gasteiger partial charge in [-0.2, -0.15) is 8.78 Å². The van der Waals surface area contributed by atoms with Crippen molar-refractivity contribution in [3.63, 3.8) is 0 Å². The monoisotopic (exact) mass is 322 g/mol. The number of ether oxygens (including phenoxy) is 2. The second-order valence-corrected chi connectivity index (χ2v) is 4.69. The van der Waals surface area contributed by atoms with Crippen LogP contribution in [-0.4, -0.2) is 24.1 Å². The first-order valence-corrected chi connectivity index (χ1v) is 6.57. The lowest BCUT2D eigenvalue weighted by atomic mass is 9.96. The average molecular weight is 322 g/mol. The minimum Gasteiger partial charge on any atom is -0.435 e. The molecule has 7 heteroatoms. The van der Waals surface area contributed by atoms with E-state index in [1.165, 1.54) is 37.3 Å². The predicted octanol–water partition coefficient (Wildman–Crippen LogP) is 2.52. The Kier molecular flexibility index (Phi) is 5.00. The van der Waals surface area contributed by atoms with Crippen molar-refractivity contribution in [2.75, 3.05) is 0 Å². The van der Waals surface area contributed by atoms with E-state index in [-0.39, 0.29) is 11.5 Å². The molecule has 1 heterocycles. The largest absolute Gasteiger partial charge is 0.435 e. The van der Waals surface area contributed by atoms with Gasteiger partial charge in [0.15, 0.2) is 17.5 Å². The van der Waals surface area contributed by atoms with Crippen LogP contribution >= 0.6 is 0 Å². The Morgan fingerprint density at radius 3 is 2.48 bits per heavy atom. The smallest absolute Gasteiger partial charge is 0.387 e. The van der Waals surface area contributed by atoms with E-state index in [9.17, 15) is 23.2 Å². The summed E-state index contributed by atoms with van der Waals surface area (Å²) in [6.45, 7) is -1.48. The fraction of sp³-hybridized carbons (Fsp3) is 0.188. The van der Waals surface area contributed by atoms with Gasteiger partial charge in [-0.3, -0.25) is 14.4 Å². The number of ketones is 2. The van der Waals surface area contributed by atoms with E-state index in [0.717, 1.165) is 12.2 Å². The van der Waals surface area contributed by atoms with Gasteiger partial charge < -0.3 is 9.47 Å². The maximum atomic E-state index is 12.0. The lowest BCUT2D eigenvalue weighted by molar-refractivity contribution is -0.151. The molecule has 1 aliphatic rings. The number of alkyl halides is 2. The van der Waals surface area contributed by atoms with Gasteiger partial charge in [-0.05, 0) is 30.7 Å². The Morgan fingerprint density at radius 1 is 1.26 bits per heavy atom. The molecule has 1 aromatic carbocycles. The van der Waals surface area contributed by atoms with Gasteiger partial charge >= 0.3 is 12.6 Å². The van der Waals surface area contributed by atoms with E-state index in [1.807, 2.05) is 0 Å². The first-order valence-electron chi connectivity index (χ1n) is 6.57. The molecule has 0 N–H and O–H groups in total. The average Bonchev–Trinajstić information content (AvgIpc) is 2.45. The molecule has 0 spiro atoms. The predicted molar refractivity (Wildman–Crippen MR) is 75.5 cm³/mol. The van der Waals surface area contributed by atoms with Crippen LogP contribution in [0.25, 0.3) is 6.08 Å². The van der Waals surface area contributed by atoms with Gasteiger partial charge in [-0.1, -0.05) is 18.2 Å². The molecular formula is C16H12F2O5. The first kappa shape index (κ1) is 16.5. The molecule has 0 aliphatic carbocycles. The molecular weight excluding hydrogens is 310 g/mol. The molecule has 2 rings (SSSR count). The summed E-state index contributed by atoms with van der Waals surface area (Å²) in [5.41, 5.74) is 0.517. The molecule has 0 fully saturated rings. The van der Waals surface area contributed by atoms with Crippen molar-refractivity contribution in [2.45, 2.75) is 13.5 Å². The highest BCUT2D eigenvalue weighted by atomic mass is 19.3. The van der Waals surface area contributed by atoms with Crippen LogP contribution < -0.4 is 4.74 Å². The summed E-state index contributed by atoms with van der Waals surface area (Å²) in [5, 5.41) is 0. The zero-order valence-electron chi connectivity index (χ0n) is 12.0. The third-order valence-corrected chi connectivity index (χ3v) is 2.96. The molecule has 0 radical (unpaired) electrons. The lowest BCUT2D eigenvalue weighted by Crippen LogP contribution is -2.34. The van der Waals surface area contributed by atoms with Crippen molar-refractivity contribution in [1.82, 2.24) is 0 Å². The topological polar surface area (TPSA) is 69.7 Å². The van der Waals surface area contributed by atoms with Gasteiger partial charge in [-0.25, -0.2) is 0 Å². The van der Waals surface area contributed by atoms with Crippen molar-refractivity contribution in [3.05, 3.63) is 47.7 Å². The number of esters is 1. The number of allylic oxidation sites excluding steroid dienone is 3. The van der Waals surface area contributed by atoms with Crippen molar-refractivity contribution < 1.29 is 32.6 Å². The number of benzene rings is 1. The van der Waals surface area contributed by atoms with Gasteiger partial charge in [0.05, 0.1) is 0 Å². The van der Waals surface area contributed by atoms with Crippen LogP contribution in [0, 0.1) is 5.92 Å². The van der Waals surface area contributed by atoms with E-state index in [2.05, 4.69) is 4.74 Å². The summed E-state index contributed by atoms with van der Waals surface area (Å²) >= 11 is 0. The minimum atomic E-state index is -2.92. The van der Waals surface area contributed by atoms with Crippen LogP contribution in [0.2, 0.25) is 0 Å². The van der Waals surface area contributed by atoms with Gasteiger partial charge in [0.1, 0.15) is 11.5 Å². The Morgan fingerprint density at radius 2 is 1.91 bits per heavy atom. The van der Waals surface area contributed by atoms with Crippen LogP contribution in [0.15, 0.2) is 42.2 Å². The lowest BCUT2D eigenvalue weighted by Gasteiger charge is -2.15. The van der Waals surface area contributed by atoms with Crippen molar-refractivity contribution >= 4 is 23.6 Å². The zero-order valence-corrected chi connectivity index (χ0v) is 12.0. The fourth-order valence-corrected chi connectivity index (χ4v) is 1.94. The molecule has 0 unspecified atom stereocenters. The van der Waals surface area contributed by atoms with Crippen LogP contribution in [0.3, 0.4) is 0 Å². The van der Waals surface area contributed by atoms with Gasteiger partial charge in [0, 0.05) is 6.08 Å².